The van der Waals surface area contributed by atoms with E-state index in [1.54, 1.807) is 26.2 Å². The lowest BCUT2D eigenvalue weighted by Gasteiger charge is -2.21. The highest BCUT2D eigenvalue weighted by atomic mass is 32.1. The molecule has 0 aliphatic rings. The van der Waals surface area contributed by atoms with Crippen molar-refractivity contribution in [2.24, 2.45) is 0 Å². The summed E-state index contributed by atoms with van der Waals surface area (Å²) < 4.78 is 17.3. The number of amides is 1. The molecule has 0 atom stereocenters. The van der Waals surface area contributed by atoms with E-state index in [1.165, 1.54) is 11.3 Å². The van der Waals surface area contributed by atoms with Gasteiger partial charge in [-0.05, 0) is 24.3 Å². The van der Waals surface area contributed by atoms with E-state index in [9.17, 15) is 4.79 Å². The summed E-state index contributed by atoms with van der Waals surface area (Å²) in [5, 5.41) is 1.84. The van der Waals surface area contributed by atoms with Crippen LogP contribution in [0.2, 0.25) is 0 Å². The van der Waals surface area contributed by atoms with Crippen LogP contribution in [-0.2, 0) is 9.47 Å². The van der Waals surface area contributed by atoms with Crippen molar-refractivity contribution in [1.29, 1.82) is 0 Å². The van der Waals surface area contributed by atoms with E-state index in [-0.39, 0.29) is 5.91 Å². The Morgan fingerprint density at radius 1 is 1.11 bits per heavy atom. The van der Waals surface area contributed by atoms with E-state index in [2.05, 4.69) is 4.98 Å². The zero-order valence-electron chi connectivity index (χ0n) is 15.7. The predicted molar refractivity (Wildman–Crippen MR) is 105 cm³/mol. The molecule has 0 aliphatic carbocycles. The minimum atomic E-state index is -0.0611. The Bertz CT molecular complexity index is 880. The summed E-state index contributed by atoms with van der Waals surface area (Å²) in [6.45, 7) is 1.97. The molecule has 0 fully saturated rings. The van der Waals surface area contributed by atoms with Gasteiger partial charge in [0.15, 0.2) is 4.96 Å². The maximum absolute atomic E-state index is 13.0. The fourth-order valence-electron chi connectivity index (χ4n) is 2.72. The fourth-order valence-corrected chi connectivity index (χ4v) is 3.57. The number of aromatic nitrogens is 2. The van der Waals surface area contributed by atoms with Gasteiger partial charge in [0.2, 0.25) is 0 Å². The van der Waals surface area contributed by atoms with Gasteiger partial charge < -0.3 is 19.1 Å². The quantitative estimate of drug-likeness (QED) is 0.563. The van der Waals surface area contributed by atoms with Gasteiger partial charge in [0, 0.05) is 44.4 Å². The second kappa shape index (κ2) is 8.98. The number of carbonyl (C=O) groups excluding carboxylic acids is 1. The van der Waals surface area contributed by atoms with Crippen LogP contribution in [0.15, 0.2) is 35.8 Å². The second-order valence-corrected chi connectivity index (χ2v) is 6.74. The van der Waals surface area contributed by atoms with Crippen LogP contribution in [0.5, 0.6) is 5.75 Å². The average molecular weight is 389 g/mol. The molecule has 3 aromatic rings. The molecule has 2 heterocycles. The Hall–Kier alpha value is -2.42. The van der Waals surface area contributed by atoms with E-state index in [4.69, 9.17) is 14.2 Å². The molecule has 2 aromatic heterocycles. The van der Waals surface area contributed by atoms with Crippen molar-refractivity contribution in [1.82, 2.24) is 14.3 Å². The predicted octanol–water partition coefficient (Wildman–Crippen LogP) is 2.81. The molecule has 0 saturated heterocycles. The summed E-state index contributed by atoms with van der Waals surface area (Å²) >= 11 is 1.45. The molecule has 0 spiro atoms. The first-order valence-electron chi connectivity index (χ1n) is 8.56. The summed E-state index contributed by atoms with van der Waals surface area (Å²) in [7, 11) is 4.88. The van der Waals surface area contributed by atoms with Gasteiger partial charge in [0.1, 0.15) is 11.4 Å². The number of nitrogens with zero attached hydrogens (tertiary/aromatic N) is 3. The largest absolute Gasteiger partial charge is 0.497 e. The molecule has 144 valence electrons. The monoisotopic (exact) mass is 389 g/mol. The Morgan fingerprint density at radius 3 is 2.37 bits per heavy atom. The molecule has 0 unspecified atom stereocenters. The third-order valence-electron chi connectivity index (χ3n) is 4.23. The van der Waals surface area contributed by atoms with Gasteiger partial charge >= 0.3 is 0 Å². The van der Waals surface area contributed by atoms with Crippen molar-refractivity contribution in [2.75, 3.05) is 47.6 Å². The van der Waals surface area contributed by atoms with E-state index in [0.29, 0.717) is 32.0 Å². The number of imidazole rings is 1. The molecule has 7 nitrogen and oxygen atoms in total. The van der Waals surface area contributed by atoms with Gasteiger partial charge in [-0.2, -0.15) is 0 Å². The summed E-state index contributed by atoms with van der Waals surface area (Å²) in [6.07, 6.45) is 1.89. The minimum Gasteiger partial charge on any atom is -0.497 e. The number of thiazole rings is 1. The Morgan fingerprint density at radius 2 is 1.78 bits per heavy atom. The third kappa shape index (κ3) is 4.29. The molecule has 0 N–H and O–H groups in total. The van der Waals surface area contributed by atoms with Crippen LogP contribution in [0, 0.1) is 0 Å². The Labute approximate surface area is 162 Å². The molecule has 27 heavy (non-hydrogen) atoms. The number of fused-ring (bicyclic) bond motifs is 1. The lowest BCUT2D eigenvalue weighted by atomic mass is 10.2. The number of hydrogen-bond acceptors (Lipinski definition) is 6. The maximum Gasteiger partial charge on any atom is 0.271 e. The molecular formula is C19H23N3O4S. The first kappa shape index (κ1) is 19.3. The Balaban J connectivity index is 1.87. The molecule has 0 saturated carbocycles. The zero-order chi connectivity index (χ0) is 19.2. The molecule has 0 aliphatic heterocycles. The van der Waals surface area contributed by atoms with Crippen LogP contribution >= 0.6 is 11.3 Å². The van der Waals surface area contributed by atoms with Crippen molar-refractivity contribution < 1.29 is 19.0 Å². The van der Waals surface area contributed by atoms with Crippen LogP contribution in [0.4, 0.5) is 0 Å². The summed E-state index contributed by atoms with van der Waals surface area (Å²) in [5.74, 6) is 0.733. The van der Waals surface area contributed by atoms with Crippen LogP contribution < -0.4 is 4.74 Å². The maximum atomic E-state index is 13.0. The summed E-state index contributed by atoms with van der Waals surface area (Å²) in [5.41, 5.74) is 2.38. The lowest BCUT2D eigenvalue weighted by molar-refractivity contribution is 0.0621. The smallest absolute Gasteiger partial charge is 0.271 e. The van der Waals surface area contributed by atoms with Crippen molar-refractivity contribution in [3.8, 4) is 17.0 Å². The molecular weight excluding hydrogens is 366 g/mol. The van der Waals surface area contributed by atoms with Gasteiger partial charge in [-0.3, -0.25) is 9.20 Å². The van der Waals surface area contributed by atoms with Crippen LogP contribution in [0.3, 0.4) is 0 Å². The lowest BCUT2D eigenvalue weighted by Crippen LogP contribution is -2.37. The average Bonchev–Trinajstić information content (AvgIpc) is 3.28. The van der Waals surface area contributed by atoms with E-state index in [0.717, 1.165) is 22.0 Å². The van der Waals surface area contributed by atoms with Gasteiger partial charge in [0.25, 0.3) is 5.91 Å². The molecule has 1 amide bonds. The normalized spacial score (nSPS) is 11.1. The van der Waals surface area contributed by atoms with E-state index >= 15 is 0 Å². The number of rotatable bonds is 9. The first-order chi connectivity index (χ1) is 13.2. The second-order valence-electron chi connectivity index (χ2n) is 5.91. The van der Waals surface area contributed by atoms with Gasteiger partial charge in [-0.1, -0.05) is 0 Å². The van der Waals surface area contributed by atoms with Crippen molar-refractivity contribution >= 4 is 22.2 Å². The third-order valence-corrected chi connectivity index (χ3v) is 5.07. The number of benzene rings is 1. The zero-order valence-corrected chi connectivity index (χ0v) is 16.5. The SMILES string of the molecule is COCCN(CCOC)C(=O)c1csc2nc(-c3ccc(OC)cc3)cn12. The topological polar surface area (TPSA) is 65.3 Å². The molecule has 3 rings (SSSR count). The number of carbonyl (C=O) groups is 1. The van der Waals surface area contributed by atoms with Crippen molar-refractivity contribution in [2.45, 2.75) is 0 Å². The molecule has 0 radical (unpaired) electrons. The van der Waals surface area contributed by atoms with Crippen molar-refractivity contribution in [3.05, 3.63) is 41.5 Å². The van der Waals surface area contributed by atoms with E-state index in [1.807, 2.05) is 40.2 Å². The minimum absolute atomic E-state index is 0.0611. The Kier molecular flexibility index (Phi) is 6.44. The van der Waals surface area contributed by atoms with Crippen LogP contribution in [-0.4, -0.2) is 67.8 Å². The van der Waals surface area contributed by atoms with E-state index < -0.39 is 0 Å². The molecule has 1 aromatic carbocycles. The highest BCUT2D eigenvalue weighted by Crippen LogP contribution is 2.25. The van der Waals surface area contributed by atoms with Crippen LogP contribution in [0.1, 0.15) is 10.5 Å². The van der Waals surface area contributed by atoms with Gasteiger partial charge in [-0.25, -0.2) is 4.98 Å². The van der Waals surface area contributed by atoms with Crippen LogP contribution in [0.25, 0.3) is 16.2 Å². The highest BCUT2D eigenvalue weighted by Gasteiger charge is 2.20. The number of ether oxygens (including phenoxy) is 3. The number of hydrogen-bond donors (Lipinski definition) is 0. The first-order valence-corrected chi connectivity index (χ1v) is 9.44. The van der Waals surface area contributed by atoms with Crippen molar-refractivity contribution in [3.63, 3.8) is 0 Å². The fraction of sp³-hybridized carbons (Fsp3) is 0.368. The molecule has 8 heteroatoms. The molecule has 0 bridgehead atoms. The standard InChI is InChI=1S/C19H23N3O4S/c1-24-10-8-21(9-11-25-2)18(23)17-13-27-19-20-16(12-22(17)19)14-4-6-15(26-3)7-5-14/h4-7,12-13H,8-11H2,1-3H3. The highest BCUT2D eigenvalue weighted by molar-refractivity contribution is 7.15. The number of methoxy groups -OCH3 is 3. The van der Waals surface area contributed by atoms with Gasteiger partial charge in [-0.15, -0.1) is 11.3 Å². The summed E-state index contributed by atoms with van der Waals surface area (Å²) in [4.78, 5) is 20.2. The van der Waals surface area contributed by atoms with Gasteiger partial charge in [0.05, 0.1) is 26.0 Å². The summed E-state index contributed by atoms with van der Waals surface area (Å²) in [6, 6.07) is 7.70.